The monoisotopic (exact) mass is 365 g/mol. The molecule has 134 valence electrons. The summed E-state index contributed by atoms with van der Waals surface area (Å²) in [5.74, 6) is -0.872. The van der Waals surface area contributed by atoms with Crippen LogP contribution in [0.4, 0.5) is 5.82 Å². The number of aromatic nitrogens is 2. The van der Waals surface area contributed by atoms with Crippen molar-refractivity contribution in [2.45, 2.75) is 30.7 Å². The predicted molar refractivity (Wildman–Crippen MR) is 90.3 cm³/mol. The summed E-state index contributed by atoms with van der Waals surface area (Å²) in [6.45, 7) is 2.89. The van der Waals surface area contributed by atoms with E-state index in [0.29, 0.717) is 18.8 Å². The van der Waals surface area contributed by atoms with Gasteiger partial charge in [-0.15, -0.1) is 0 Å². The normalized spacial score (nSPS) is 15.9. The molecule has 1 aliphatic rings. The van der Waals surface area contributed by atoms with Gasteiger partial charge in [0.25, 0.3) is 10.0 Å². The van der Waals surface area contributed by atoms with Gasteiger partial charge in [-0.05, 0) is 43.5 Å². The average Bonchev–Trinajstić information content (AvgIpc) is 3.03. The van der Waals surface area contributed by atoms with Crippen molar-refractivity contribution in [2.75, 3.05) is 17.9 Å². The summed E-state index contributed by atoms with van der Waals surface area (Å²) < 4.78 is 34.6. The number of rotatable bonds is 5. The smallest absolute Gasteiger partial charge is 0.335 e. The van der Waals surface area contributed by atoms with Crippen LogP contribution in [-0.2, 0) is 14.8 Å². The van der Waals surface area contributed by atoms with Gasteiger partial charge in [-0.1, -0.05) is 0 Å². The van der Waals surface area contributed by atoms with E-state index in [1.807, 2.05) is 0 Å². The number of aromatic carboxylic acids is 1. The Morgan fingerprint density at radius 1 is 1.32 bits per heavy atom. The highest BCUT2D eigenvalue weighted by Crippen LogP contribution is 2.23. The summed E-state index contributed by atoms with van der Waals surface area (Å²) in [4.78, 5) is 11.0. The highest BCUT2D eigenvalue weighted by atomic mass is 32.2. The summed E-state index contributed by atoms with van der Waals surface area (Å²) in [7, 11) is -3.85. The molecule has 1 aromatic carbocycles. The Bertz CT molecular complexity index is 885. The van der Waals surface area contributed by atoms with Crippen LogP contribution in [0.15, 0.2) is 35.4 Å². The first kappa shape index (κ1) is 17.4. The molecule has 0 unspecified atom stereocenters. The van der Waals surface area contributed by atoms with E-state index in [0.717, 1.165) is 12.8 Å². The van der Waals surface area contributed by atoms with Crippen molar-refractivity contribution in [2.24, 2.45) is 0 Å². The third kappa shape index (κ3) is 3.83. The van der Waals surface area contributed by atoms with Gasteiger partial charge in [-0.25, -0.2) is 13.2 Å². The van der Waals surface area contributed by atoms with E-state index in [-0.39, 0.29) is 22.3 Å². The number of anilines is 1. The van der Waals surface area contributed by atoms with Gasteiger partial charge >= 0.3 is 5.97 Å². The molecule has 0 atom stereocenters. The quantitative estimate of drug-likeness (QED) is 0.839. The number of sulfonamides is 1. The van der Waals surface area contributed by atoms with Gasteiger partial charge in [-0.3, -0.25) is 9.40 Å². The van der Waals surface area contributed by atoms with Crippen LogP contribution in [0.2, 0.25) is 0 Å². The molecule has 1 fully saturated rings. The molecule has 25 heavy (non-hydrogen) atoms. The number of aryl methyl sites for hydroxylation is 1. The number of hydrogen-bond acceptors (Lipinski definition) is 5. The molecule has 3 rings (SSSR count). The van der Waals surface area contributed by atoms with Crippen LogP contribution in [-0.4, -0.2) is 42.5 Å². The van der Waals surface area contributed by atoms with Crippen molar-refractivity contribution >= 4 is 21.8 Å². The minimum atomic E-state index is -3.85. The molecule has 0 amide bonds. The molecular formula is C16H19N3O5S. The maximum Gasteiger partial charge on any atom is 0.335 e. The molecule has 2 heterocycles. The molecular weight excluding hydrogens is 346 g/mol. The molecule has 1 aliphatic heterocycles. The third-order valence-corrected chi connectivity index (χ3v) is 5.64. The molecule has 1 saturated heterocycles. The van der Waals surface area contributed by atoms with Crippen molar-refractivity contribution in [1.82, 2.24) is 9.78 Å². The lowest BCUT2D eigenvalue weighted by Gasteiger charge is -2.22. The molecule has 9 heteroatoms. The zero-order valence-corrected chi connectivity index (χ0v) is 14.5. The molecule has 1 aromatic heterocycles. The Hall–Kier alpha value is -2.39. The lowest BCUT2D eigenvalue weighted by atomic mass is 10.1. The molecule has 8 nitrogen and oxygen atoms in total. The van der Waals surface area contributed by atoms with E-state index in [1.165, 1.54) is 18.2 Å². The van der Waals surface area contributed by atoms with E-state index in [4.69, 9.17) is 9.84 Å². The standard InChI is InChI=1S/C16H19N3O5S/c1-11-10-12(16(20)21)2-3-14(11)25(22,23)18-15-4-7-19(17-15)13-5-8-24-9-6-13/h2-4,7,10,13H,5-6,8-9H2,1H3,(H,17,18)(H,20,21). The minimum absolute atomic E-state index is 0.0260. The van der Waals surface area contributed by atoms with Crippen LogP contribution >= 0.6 is 0 Å². The van der Waals surface area contributed by atoms with E-state index < -0.39 is 16.0 Å². The first-order valence-electron chi connectivity index (χ1n) is 7.86. The Kier molecular flexibility index (Phi) is 4.78. The molecule has 2 aromatic rings. The first-order chi connectivity index (χ1) is 11.9. The van der Waals surface area contributed by atoms with Crippen molar-refractivity contribution in [3.8, 4) is 0 Å². The van der Waals surface area contributed by atoms with Crippen LogP contribution in [0.1, 0.15) is 34.8 Å². The fraction of sp³-hybridized carbons (Fsp3) is 0.375. The molecule has 0 spiro atoms. The number of carbonyl (C=O) groups is 1. The number of nitrogens with zero attached hydrogens (tertiary/aromatic N) is 2. The second-order valence-electron chi connectivity index (χ2n) is 5.92. The second kappa shape index (κ2) is 6.85. The zero-order valence-electron chi connectivity index (χ0n) is 13.7. The number of ether oxygens (including phenoxy) is 1. The van der Waals surface area contributed by atoms with Gasteiger partial charge < -0.3 is 9.84 Å². The number of carboxylic acids is 1. The van der Waals surface area contributed by atoms with Gasteiger partial charge in [0.15, 0.2) is 5.82 Å². The minimum Gasteiger partial charge on any atom is -0.478 e. The molecule has 0 aliphatic carbocycles. The van der Waals surface area contributed by atoms with Gasteiger partial charge in [-0.2, -0.15) is 5.10 Å². The maximum atomic E-state index is 12.6. The number of benzene rings is 1. The first-order valence-corrected chi connectivity index (χ1v) is 9.35. The van der Waals surface area contributed by atoms with E-state index in [9.17, 15) is 13.2 Å². The Morgan fingerprint density at radius 3 is 2.68 bits per heavy atom. The van der Waals surface area contributed by atoms with E-state index in [1.54, 1.807) is 23.9 Å². The summed E-state index contributed by atoms with van der Waals surface area (Å²) in [5.41, 5.74) is 0.400. The zero-order chi connectivity index (χ0) is 18.0. The summed E-state index contributed by atoms with van der Waals surface area (Å²) in [6, 6.07) is 5.69. The lowest BCUT2D eigenvalue weighted by molar-refractivity contribution is 0.0663. The van der Waals surface area contributed by atoms with Crippen molar-refractivity contribution in [3.05, 3.63) is 41.6 Å². The summed E-state index contributed by atoms with van der Waals surface area (Å²) >= 11 is 0. The Balaban J connectivity index is 1.80. The third-order valence-electron chi connectivity index (χ3n) is 4.12. The SMILES string of the molecule is Cc1cc(C(=O)O)ccc1S(=O)(=O)Nc1ccn(C2CCOCC2)n1. The Morgan fingerprint density at radius 2 is 2.04 bits per heavy atom. The largest absolute Gasteiger partial charge is 0.478 e. The molecule has 2 N–H and O–H groups in total. The lowest BCUT2D eigenvalue weighted by Crippen LogP contribution is -2.20. The van der Waals surface area contributed by atoms with Gasteiger partial charge in [0.05, 0.1) is 16.5 Å². The predicted octanol–water partition coefficient (Wildman–Crippen LogP) is 2.04. The second-order valence-corrected chi connectivity index (χ2v) is 7.57. The van der Waals surface area contributed by atoms with Gasteiger partial charge in [0.2, 0.25) is 0 Å². The highest BCUT2D eigenvalue weighted by molar-refractivity contribution is 7.92. The van der Waals surface area contributed by atoms with Crippen LogP contribution < -0.4 is 4.72 Å². The van der Waals surface area contributed by atoms with Crippen LogP contribution in [0.25, 0.3) is 0 Å². The van der Waals surface area contributed by atoms with Crippen LogP contribution in [0, 0.1) is 6.92 Å². The van der Waals surface area contributed by atoms with Crippen molar-refractivity contribution in [1.29, 1.82) is 0 Å². The van der Waals surface area contributed by atoms with Gasteiger partial charge in [0, 0.05) is 25.5 Å². The average molecular weight is 365 g/mol. The fourth-order valence-electron chi connectivity index (χ4n) is 2.82. The number of carboxylic acid groups (broad SMARTS) is 1. The molecule has 0 radical (unpaired) electrons. The summed E-state index contributed by atoms with van der Waals surface area (Å²) in [6.07, 6.45) is 3.42. The topological polar surface area (TPSA) is 111 Å². The number of nitrogens with one attached hydrogen (secondary N) is 1. The van der Waals surface area contributed by atoms with Crippen molar-refractivity contribution < 1.29 is 23.1 Å². The Labute approximate surface area is 145 Å². The maximum absolute atomic E-state index is 12.6. The van der Waals surface area contributed by atoms with Crippen LogP contribution in [0.3, 0.4) is 0 Å². The van der Waals surface area contributed by atoms with Crippen LogP contribution in [0.5, 0.6) is 0 Å². The fourth-order valence-corrected chi connectivity index (χ4v) is 4.05. The van der Waals surface area contributed by atoms with Crippen molar-refractivity contribution in [3.63, 3.8) is 0 Å². The molecule has 0 saturated carbocycles. The number of hydrogen-bond donors (Lipinski definition) is 2. The summed E-state index contributed by atoms with van der Waals surface area (Å²) in [5, 5.41) is 13.3. The van der Waals surface area contributed by atoms with E-state index >= 15 is 0 Å². The van der Waals surface area contributed by atoms with Gasteiger partial charge in [0.1, 0.15) is 0 Å². The highest BCUT2D eigenvalue weighted by Gasteiger charge is 2.21. The molecule has 0 bridgehead atoms. The van der Waals surface area contributed by atoms with E-state index in [2.05, 4.69) is 9.82 Å².